The fraction of sp³-hybridized carbons (Fsp3) is 0. The van der Waals surface area contributed by atoms with E-state index in [0.29, 0.717) is 10.8 Å². The van der Waals surface area contributed by atoms with Gasteiger partial charge in [-0.1, -0.05) is 0 Å². The van der Waals surface area contributed by atoms with Crippen LogP contribution in [0.4, 0.5) is 5.69 Å². The van der Waals surface area contributed by atoms with E-state index in [1.807, 2.05) is 0 Å². The lowest BCUT2D eigenvalue weighted by Gasteiger charge is -2.01. The van der Waals surface area contributed by atoms with Crippen molar-refractivity contribution < 1.29 is 0 Å². The van der Waals surface area contributed by atoms with Gasteiger partial charge in [-0.15, -0.1) is 0 Å². The number of hydrogen-bond donors (Lipinski definition) is 1. The van der Waals surface area contributed by atoms with E-state index in [1.165, 1.54) is 11.8 Å². The fourth-order valence-electron chi connectivity index (χ4n) is 0.912. The van der Waals surface area contributed by atoms with E-state index >= 15 is 0 Å². The van der Waals surface area contributed by atoms with Crippen LogP contribution in [0, 0.1) is 0 Å². The first-order chi connectivity index (χ1) is 6.86. The molecule has 0 atom stereocenters. The largest absolute Gasteiger partial charge is 0.398 e. The molecule has 2 N–H and O–H groups in total. The number of anilines is 1. The topological polar surface area (TPSA) is 64.7 Å². The quantitative estimate of drug-likeness (QED) is 0.753. The minimum atomic E-state index is 0.673. The summed E-state index contributed by atoms with van der Waals surface area (Å²) in [6.07, 6.45) is 6.76. The SMILES string of the molecule is Nc1ccncc1Sc1ncccn1. The summed E-state index contributed by atoms with van der Waals surface area (Å²) in [6.45, 7) is 0. The molecule has 2 aromatic heterocycles. The third-order valence-corrected chi connectivity index (χ3v) is 2.51. The zero-order valence-corrected chi connectivity index (χ0v) is 8.11. The third-order valence-electron chi connectivity index (χ3n) is 1.56. The molecule has 2 aromatic rings. The van der Waals surface area contributed by atoms with E-state index in [0.717, 1.165) is 4.90 Å². The van der Waals surface area contributed by atoms with E-state index in [1.54, 1.807) is 36.9 Å². The highest BCUT2D eigenvalue weighted by Gasteiger charge is 2.02. The van der Waals surface area contributed by atoms with Gasteiger partial charge in [-0.25, -0.2) is 9.97 Å². The highest BCUT2D eigenvalue weighted by molar-refractivity contribution is 7.99. The molecule has 0 aliphatic carbocycles. The van der Waals surface area contributed by atoms with Crippen LogP contribution in [0.1, 0.15) is 0 Å². The smallest absolute Gasteiger partial charge is 0.192 e. The Morgan fingerprint density at radius 2 is 1.93 bits per heavy atom. The molecular weight excluding hydrogens is 196 g/mol. The van der Waals surface area contributed by atoms with E-state index in [4.69, 9.17) is 5.73 Å². The van der Waals surface area contributed by atoms with Gasteiger partial charge >= 0.3 is 0 Å². The van der Waals surface area contributed by atoms with E-state index < -0.39 is 0 Å². The zero-order chi connectivity index (χ0) is 9.80. The Hall–Kier alpha value is -1.62. The molecule has 5 heteroatoms. The summed E-state index contributed by atoms with van der Waals surface area (Å²) in [5, 5.41) is 0.673. The molecular formula is C9H8N4S. The Morgan fingerprint density at radius 3 is 2.64 bits per heavy atom. The minimum absolute atomic E-state index is 0.673. The van der Waals surface area contributed by atoms with Crippen molar-refractivity contribution in [3.63, 3.8) is 0 Å². The van der Waals surface area contributed by atoms with Crippen LogP contribution in [0.3, 0.4) is 0 Å². The lowest BCUT2D eigenvalue weighted by atomic mass is 10.4. The predicted octanol–water partition coefficient (Wildman–Crippen LogP) is 1.60. The summed E-state index contributed by atoms with van der Waals surface area (Å²) in [6, 6.07) is 3.53. The van der Waals surface area contributed by atoms with Crippen molar-refractivity contribution in [3.05, 3.63) is 36.9 Å². The molecule has 0 aliphatic heterocycles. The molecule has 0 aromatic carbocycles. The third kappa shape index (κ3) is 2.00. The molecule has 0 saturated carbocycles. The Labute approximate surface area is 85.6 Å². The lowest BCUT2D eigenvalue weighted by Crippen LogP contribution is -1.90. The first-order valence-electron chi connectivity index (χ1n) is 4.00. The molecule has 0 amide bonds. The molecule has 70 valence electrons. The molecule has 0 fully saturated rings. The number of aromatic nitrogens is 3. The fourth-order valence-corrected chi connectivity index (χ4v) is 1.64. The summed E-state index contributed by atoms with van der Waals surface area (Å²) >= 11 is 1.40. The first kappa shape index (κ1) is 8.96. The molecule has 4 nitrogen and oxygen atoms in total. The summed E-state index contributed by atoms with van der Waals surface area (Å²) in [4.78, 5) is 13.0. The molecule has 0 unspecified atom stereocenters. The molecule has 0 spiro atoms. The van der Waals surface area contributed by atoms with Crippen molar-refractivity contribution in [1.29, 1.82) is 0 Å². The number of nitrogen functional groups attached to an aromatic ring is 1. The minimum Gasteiger partial charge on any atom is -0.398 e. The van der Waals surface area contributed by atoms with Crippen LogP contribution in [0.2, 0.25) is 0 Å². The second kappa shape index (κ2) is 4.06. The molecule has 2 heterocycles. The van der Waals surface area contributed by atoms with Crippen molar-refractivity contribution in [1.82, 2.24) is 15.0 Å². The van der Waals surface area contributed by atoms with Crippen LogP contribution in [0.15, 0.2) is 47.0 Å². The van der Waals surface area contributed by atoms with Crippen LogP contribution < -0.4 is 5.73 Å². The summed E-state index contributed by atoms with van der Waals surface area (Å²) in [7, 11) is 0. The van der Waals surface area contributed by atoms with E-state index in [-0.39, 0.29) is 0 Å². The van der Waals surface area contributed by atoms with Gasteiger partial charge in [0.15, 0.2) is 5.16 Å². The van der Waals surface area contributed by atoms with Crippen LogP contribution >= 0.6 is 11.8 Å². The molecule has 0 saturated heterocycles. The van der Waals surface area contributed by atoms with E-state index in [2.05, 4.69) is 15.0 Å². The van der Waals surface area contributed by atoms with Crippen molar-refractivity contribution in [2.75, 3.05) is 5.73 Å². The summed E-state index contributed by atoms with van der Waals surface area (Å²) in [5.74, 6) is 0. The second-order valence-corrected chi connectivity index (χ2v) is 3.56. The van der Waals surface area contributed by atoms with Gasteiger partial charge in [0.2, 0.25) is 0 Å². The normalized spacial score (nSPS) is 10.0. The van der Waals surface area contributed by atoms with E-state index in [9.17, 15) is 0 Å². The molecule has 0 radical (unpaired) electrons. The van der Waals surface area contributed by atoms with Crippen LogP contribution in [0.5, 0.6) is 0 Å². The molecule has 0 bridgehead atoms. The van der Waals surface area contributed by atoms with Gasteiger partial charge in [-0.05, 0) is 23.9 Å². The van der Waals surface area contributed by atoms with Gasteiger partial charge in [0, 0.05) is 30.5 Å². The Kier molecular flexibility index (Phi) is 2.60. The predicted molar refractivity (Wildman–Crippen MR) is 54.8 cm³/mol. The van der Waals surface area contributed by atoms with Crippen molar-refractivity contribution in [2.24, 2.45) is 0 Å². The van der Waals surface area contributed by atoms with Gasteiger partial charge < -0.3 is 5.73 Å². The summed E-state index contributed by atoms with van der Waals surface area (Å²) < 4.78 is 0. The molecule has 14 heavy (non-hydrogen) atoms. The zero-order valence-electron chi connectivity index (χ0n) is 7.29. The van der Waals surface area contributed by atoms with Crippen molar-refractivity contribution >= 4 is 17.4 Å². The highest BCUT2D eigenvalue weighted by atomic mass is 32.2. The maximum absolute atomic E-state index is 5.75. The number of nitrogens with zero attached hydrogens (tertiary/aromatic N) is 3. The summed E-state index contributed by atoms with van der Waals surface area (Å²) in [5.41, 5.74) is 6.44. The van der Waals surface area contributed by atoms with Crippen LogP contribution in [0.25, 0.3) is 0 Å². The van der Waals surface area contributed by atoms with Crippen LogP contribution in [-0.2, 0) is 0 Å². The van der Waals surface area contributed by atoms with Gasteiger partial charge in [0.05, 0.1) is 4.90 Å². The maximum Gasteiger partial charge on any atom is 0.192 e. The molecule has 2 rings (SSSR count). The Bertz CT molecular complexity index is 418. The standard InChI is InChI=1S/C9H8N4S/c10-7-2-5-11-6-8(7)14-9-12-3-1-4-13-9/h1-6H,(H2,10,11). The van der Waals surface area contributed by atoms with Gasteiger partial charge in [-0.2, -0.15) is 0 Å². The molecule has 0 aliphatic rings. The lowest BCUT2D eigenvalue weighted by molar-refractivity contribution is 0.966. The Balaban J connectivity index is 2.24. The average molecular weight is 204 g/mol. The van der Waals surface area contributed by atoms with Gasteiger partial charge in [-0.3, -0.25) is 4.98 Å². The number of hydrogen-bond acceptors (Lipinski definition) is 5. The second-order valence-electron chi connectivity index (χ2n) is 2.55. The number of nitrogens with two attached hydrogens (primary N) is 1. The van der Waals surface area contributed by atoms with Crippen molar-refractivity contribution in [3.8, 4) is 0 Å². The monoisotopic (exact) mass is 204 g/mol. The van der Waals surface area contributed by atoms with Gasteiger partial charge in [0.1, 0.15) is 0 Å². The van der Waals surface area contributed by atoms with Gasteiger partial charge in [0.25, 0.3) is 0 Å². The number of pyridine rings is 1. The Morgan fingerprint density at radius 1 is 1.14 bits per heavy atom. The highest BCUT2D eigenvalue weighted by Crippen LogP contribution is 2.27. The van der Waals surface area contributed by atoms with Crippen LogP contribution in [-0.4, -0.2) is 15.0 Å². The average Bonchev–Trinajstić information content (AvgIpc) is 2.23. The first-order valence-corrected chi connectivity index (χ1v) is 4.82. The maximum atomic E-state index is 5.75. The van der Waals surface area contributed by atoms with Crippen molar-refractivity contribution in [2.45, 2.75) is 10.1 Å². The number of rotatable bonds is 2.